The van der Waals surface area contributed by atoms with Gasteiger partial charge in [-0.15, -0.1) is 0 Å². The Morgan fingerprint density at radius 1 is 1.03 bits per heavy atom. The lowest BCUT2D eigenvalue weighted by atomic mass is 9.92. The van der Waals surface area contributed by atoms with Gasteiger partial charge in [-0.1, -0.05) is 24.3 Å². The fourth-order valence-corrected chi connectivity index (χ4v) is 4.14. The highest BCUT2D eigenvalue weighted by Crippen LogP contribution is 2.27. The molecule has 0 radical (unpaired) electrons. The Labute approximate surface area is 171 Å². The lowest BCUT2D eigenvalue weighted by molar-refractivity contribution is -0.134. The van der Waals surface area contributed by atoms with Crippen molar-refractivity contribution in [1.29, 1.82) is 0 Å². The minimum atomic E-state index is -0.188. The van der Waals surface area contributed by atoms with Gasteiger partial charge in [0, 0.05) is 49.9 Å². The van der Waals surface area contributed by atoms with Gasteiger partial charge in [-0.2, -0.15) is 0 Å². The van der Waals surface area contributed by atoms with Crippen LogP contribution < -0.4 is 0 Å². The molecule has 1 aromatic carbocycles. The number of hydrogen-bond donors (Lipinski definition) is 0. The zero-order valence-electron chi connectivity index (χ0n) is 16.7. The van der Waals surface area contributed by atoms with Gasteiger partial charge in [0.1, 0.15) is 5.82 Å². The molecule has 1 aromatic heterocycles. The van der Waals surface area contributed by atoms with E-state index < -0.39 is 0 Å². The number of aromatic nitrogens is 1. The smallest absolute Gasteiger partial charge is 0.236 e. The summed E-state index contributed by atoms with van der Waals surface area (Å²) in [7, 11) is 0. The molecule has 2 saturated heterocycles. The van der Waals surface area contributed by atoms with Gasteiger partial charge in [-0.05, 0) is 36.6 Å². The molecule has 2 aromatic rings. The maximum atomic E-state index is 13.9. The first-order valence-electron chi connectivity index (χ1n) is 10.5. The summed E-state index contributed by atoms with van der Waals surface area (Å²) in [6.07, 6.45) is 2.34. The number of carbonyl (C=O) groups is 1. The van der Waals surface area contributed by atoms with Crippen LogP contribution in [0.2, 0.25) is 0 Å². The Bertz CT molecular complexity index is 830. The molecule has 2 fully saturated rings. The molecular weight excluding hydrogens is 369 g/mol. The lowest BCUT2D eigenvalue weighted by Gasteiger charge is -2.34. The number of amides is 1. The topological polar surface area (TPSA) is 45.7 Å². The van der Waals surface area contributed by atoms with Crippen molar-refractivity contribution < 1.29 is 13.9 Å². The first-order valence-corrected chi connectivity index (χ1v) is 10.5. The van der Waals surface area contributed by atoms with Crippen LogP contribution in [-0.4, -0.2) is 66.6 Å². The number of nitrogens with zero attached hydrogens (tertiary/aromatic N) is 3. The zero-order valence-corrected chi connectivity index (χ0v) is 16.7. The molecule has 0 spiro atoms. The maximum Gasteiger partial charge on any atom is 0.236 e. The number of pyridine rings is 1. The van der Waals surface area contributed by atoms with Gasteiger partial charge in [0.05, 0.1) is 19.8 Å². The van der Waals surface area contributed by atoms with Crippen LogP contribution in [0, 0.1) is 5.82 Å². The molecule has 6 heteroatoms. The van der Waals surface area contributed by atoms with E-state index in [9.17, 15) is 9.18 Å². The maximum absolute atomic E-state index is 13.9. The Kier molecular flexibility index (Phi) is 6.52. The minimum absolute atomic E-state index is 0.188. The van der Waals surface area contributed by atoms with E-state index in [0.29, 0.717) is 37.7 Å². The van der Waals surface area contributed by atoms with Crippen LogP contribution in [0.1, 0.15) is 35.7 Å². The molecule has 3 heterocycles. The normalized spacial score (nSPS) is 18.7. The van der Waals surface area contributed by atoms with Crippen molar-refractivity contribution >= 4 is 5.91 Å². The van der Waals surface area contributed by atoms with Crippen LogP contribution in [-0.2, 0) is 16.0 Å². The van der Waals surface area contributed by atoms with Crippen LogP contribution in [0.15, 0.2) is 42.5 Å². The predicted octanol–water partition coefficient (Wildman–Crippen LogP) is 2.85. The van der Waals surface area contributed by atoms with E-state index in [-0.39, 0.29) is 11.7 Å². The highest BCUT2D eigenvalue weighted by molar-refractivity contribution is 5.78. The molecule has 0 N–H and O–H groups in total. The average Bonchev–Trinajstić information content (AvgIpc) is 2.76. The summed E-state index contributed by atoms with van der Waals surface area (Å²) >= 11 is 0. The van der Waals surface area contributed by atoms with Crippen molar-refractivity contribution in [3.63, 3.8) is 0 Å². The summed E-state index contributed by atoms with van der Waals surface area (Å²) in [5.41, 5.74) is 2.61. The van der Waals surface area contributed by atoms with Crippen LogP contribution >= 0.6 is 0 Å². The van der Waals surface area contributed by atoms with Gasteiger partial charge in [-0.25, -0.2) is 4.39 Å². The van der Waals surface area contributed by atoms with Crippen molar-refractivity contribution in [2.75, 3.05) is 45.9 Å². The molecule has 5 nitrogen and oxygen atoms in total. The van der Waals surface area contributed by atoms with Gasteiger partial charge in [0.2, 0.25) is 5.91 Å². The summed E-state index contributed by atoms with van der Waals surface area (Å²) in [4.78, 5) is 21.5. The molecule has 0 atom stereocenters. The predicted molar refractivity (Wildman–Crippen MR) is 109 cm³/mol. The van der Waals surface area contributed by atoms with Gasteiger partial charge in [0.25, 0.3) is 0 Å². The molecule has 2 aliphatic rings. The Balaban J connectivity index is 1.32. The van der Waals surface area contributed by atoms with Gasteiger partial charge in [-0.3, -0.25) is 14.7 Å². The van der Waals surface area contributed by atoms with E-state index in [1.54, 1.807) is 6.07 Å². The van der Waals surface area contributed by atoms with Gasteiger partial charge in [0.15, 0.2) is 0 Å². The number of likely N-dealkylation sites (tertiary alicyclic amines) is 1. The van der Waals surface area contributed by atoms with Crippen molar-refractivity contribution in [1.82, 2.24) is 14.8 Å². The first kappa shape index (κ1) is 20.0. The van der Waals surface area contributed by atoms with Crippen molar-refractivity contribution in [3.8, 4) is 0 Å². The summed E-state index contributed by atoms with van der Waals surface area (Å²) in [6.45, 7) is 5.13. The average molecular weight is 397 g/mol. The third-order valence-corrected chi connectivity index (χ3v) is 5.89. The van der Waals surface area contributed by atoms with Crippen molar-refractivity contribution in [2.24, 2.45) is 0 Å². The number of hydrogen-bond acceptors (Lipinski definition) is 4. The summed E-state index contributed by atoms with van der Waals surface area (Å²) in [6, 6.07) is 12.9. The largest absolute Gasteiger partial charge is 0.379 e. The second-order valence-electron chi connectivity index (χ2n) is 7.87. The highest BCUT2D eigenvalue weighted by Gasteiger charge is 2.26. The standard InChI is InChI=1S/C23H28FN3O2/c24-21-6-2-1-4-19(21)16-20-5-3-7-22(25-20)18-8-10-27(11-9-18)23(28)17-26-12-14-29-15-13-26/h1-7,18H,8-17H2. The second kappa shape index (κ2) is 9.46. The molecule has 0 bridgehead atoms. The van der Waals surface area contributed by atoms with Crippen molar-refractivity contribution in [2.45, 2.75) is 25.2 Å². The van der Waals surface area contributed by atoms with E-state index in [1.165, 1.54) is 6.07 Å². The number of halogens is 1. The third-order valence-electron chi connectivity index (χ3n) is 5.89. The lowest BCUT2D eigenvalue weighted by Crippen LogP contribution is -2.46. The third kappa shape index (κ3) is 5.19. The van der Waals surface area contributed by atoms with Crippen LogP contribution in [0.5, 0.6) is 0 Å². The van der Waals surface area contributed by atoms with Crippen LogP contribution in [0.25, 0.3) is 0 Å². The quantitative estimate of drug-likeness (QED) is 0.778. The molecule has 0 aliphatic carbocycles. The van der Waals surface area contributed by atoms with Gasteiger partial charge >= 0.3 is 0 Å². The number of rotatable bonds is 5. The zero-order chi connectivity index (χ0) is 20.1. The Hall–Kier alpha value is -2.31. The Morgan fingerprint density at radius 2 is 1.79 bits per heavy atom. The molecular formula is C23H28FN3O2. The molecule has 29 heavy (non-hydrogen) atoms. The minimum Gasteiger partial charge on any atom is -0.379 e. The number of ether oxygens (including phenoxy) is 1. The highest BCUT2D eigenvalue weighted by atomic mass is 19.1. The SMILES string of the molecule is O=C(CN1CCOCC1)N1CCC(c2cccc(Cc3ccccc3F)n2)CC1. The van der Waals surface area contributed by atoms with E-state index in [4.69, 9.17) is 9.72 Å². The first-order chi connectivity index (χ1) is 14.2. The fraction of sp³-hybridized carbons (Fsp3) is 0.478. The molecule has 2 aliphatic heterocycles. The molecule has 154 valence electrons. The molecule has 0 saturated carbocycles. The summed E-state index contributed by atoms with van der Waals surface area (Å²) in [5, 5.41) is 0. The fourth-order valence-electron chi connectivity index (χ4n) is 4.14. The molecule has 1 amide bonds. The van der Waals surface area contributed by atoms with E-state index in [1.807, 2.05) is 29.2 Å². The van der Waals surface area contributed by atoms with Crippen molar-refractivity contribution in [3.05, 3.63) is 65.2 Å². The number of benzene rings is 1. The molecule has 4 rings (SSSR count). The molecule has 0 unspecified atom stereocenters. The number of morpholine rings is 1. The number of piperidine rings is 1. The number of carbonyl (C=O) groups excluding carboxylic acids is 1. The monoisotopic (exact) mass is 397 g/mol. The van der Waals surface area contributed by atoms with E-state index in [0.717, 1.165) is 50.4 Å². The second-order valence-corrected chi connectivity index (χ2v) is 7.87. The van der Waals surface area contributed by atoms with Crippen LogP contribution in [0.4, 0.5) is 4.39 Å². The summed E-state index contributed by atoms with van der Waals surface area (Å²) < 4.78 is 19.3. The van der Waals surface area contributed by atoms with E-state index in [2.05, 4.69) is 11.0 Å². The Morgan fingerprint density at radius 3 is 2.55 bits per heavy atom. The van der Waals surface area contributed by atoms with E-state index >= 15 is 0 Å². The van der Waals surface area contributed by atoms with Crippen LogP contribution in [0.3, 0.4) is 0 Å². The summed E-state index contributed by atoms with van der Waals surface area (Å²) in [5.74, 6) is 0.376. The van der Waals surface area contributed by atoms with Gasteiger partial charge < -0.3 is 9.64 Å².